The highest BCUT2D eigenvalue weighted by atomic mass is 79.9. The summed E-state index contributed by atoms with van der Waals surface area (Å²) in [5.41, 5.74) is 0.776. The lowest BCUT2D eigenvalue weighted by Gasteiger charge is -1.93. The highest BCUT2D eigenvalue weighted by Crippen LogP contribution is 2.12. The van der Waals surface area contributed by atoms with Gasteiger partial charge in [0.15, 0.2) is 0 Å². The lowest BCUT2D eigenvalue weighted by atomic mass is 10.2. The van der Waals surface area contributed by atoms with Gasteiger partial charge in [0.1, 0.15) is 0 Å². The standard InChI is InChI=1S/C9H7BrF2/c10-8-4-1-7(2-5-8)3-6-9(11)12/h1-6,9H. The molecule has 0 saturated carbocycles. The Morgan fingerprint density at radius 3 is 2.25 bits per heavy atom. The molecule has 0 atom stereocenters. The predicted octanol–water partition coefficient (Wildman–Crippen LogP) is 3.73. The molecule has 0 bridgehead atoms. The molecule has 0 spiro atoms. The topological polar surface area (TPSA) is 0 Å². The minimum atomic E-state index is -2.38. The Morgan fingerprint density at radius 2 is 1.75 bits per heavy atom. The molecule has 0 aliphatic heterocycles. The maximum Gasteiger partial charge on any atom is 0.257 e. The fraction of sp³-hybridized carbons (Fsp3) is 0.111. The first kappa shape index (κ1) is 9.39. The summed E-state index contributed by atoms with van der Waals surface area (Å²) in [6, 6.07) is 7.15. The average Bonchev–Trinajstić information content (AvgIpc) is 2.03. The second-order valence-electron chi connectivity index (χ2n) is 2.25. The Kier molecular flexibility index (Phi) is 3.41. The maximum absolute atomic E-state index is 11.7. The maximum atomic E-state index is 11.7. The largest absolute Gasteiger partial charge is 0.257 e. The average molecular weight is 233 g/mol. The van der Waals surface area contributed by atoms with E-state index in [9.17, 15) is 8.78 Å². The quantitative estimate of drug-likeness (QED) is 0.730. The monoisotopic (exact) mass is 232 g/mol. The van der Waals surface area contributed by atoms with Crippen molar-refractivity contribution < 1.29 is 8.78 Å². The van der Waals surface area contributed by atoms with Crippen LogP contribution in [0.1, 0.15) is 5.56 Å². The van der Waals surface area contributed by atoms with Crippen LogP contribution >= 0.6 is 15.9 Å². The van der Waals surface area contributed by atoms with Crippen molar-refractivity contribution in [3.63, 3.8) is 0 Å². The third-order valence-corrected chi connectivity index (χ3v) is 1.83. The third kappa shape index (κ3) is 3.13. The highest BCUT2D eigenvalue weighted by Gasteiger charge is 1.93. The first-order valence-electron chi connectivity index (χ1n) is 3.40. The smallest absolute Gasteiger partial charge is 0.206 e. The summed E-state index contributed by atoms with van der Waals surface area (Å²) < 4.78 is 24.3. The van der Waals surface area contributed by atoms with E-state index in [-0.39, 0.29) is 0 Å². The summed E-state index contributed by atoms with van der Waals surface area (Å²) >= 11 is 3.25. The number of rotatable bonds is 2. The Balaban J connectivity index is 2.71. The molecule has 12 heavy (non-hydrogen) atoms. The molecule has 0 aliphatic carbocycles. The van der Waals surface area contributed by atoms with Gasteiger partial charge >= 0.3 is 0 Å². The van der Waals surface area contributed by atoms with Crippen LogP contribution in [-0.4, -0.2) is 6.43 Å². The second kappa shape index (κ2) is 4.36. The number of halogens is 3. The van der Waals surface area contributed by atoms with Crippen LogP contribution in [0.15, 0.2) is 34.8 Å². The Bertz CT molecular complexity index is 264. The van der Waals surface area contributed by atoms with E-state index in [4.69, 9.17) is 0 Å². The number of benzene rings is 1. The van der Waals surface area contributed by atoms with Crippen LogP contribution in [0.3, 0.4) is 0 Å². The van der Waals surface area contributed by atoms with Gasteiger partial charge in [0.05, 0.1) is 0 Å². The molecule has 1 rings (SSSR count). The zero-order chi connectivity index (χ0) is 8.97. The zero-order valence-corrected chi connectivity index (χ0v) is 7.76. The van der Waals surface area contributed by atoms with Crippen LogP contribution in [0.4, 0.5) is 8.78 Å². The lowest BCUT2D eigenvalue weighted by molar-refractivity contribution is 0.205. The van der Waals surface area contributed by atoms with E-state index in [1.54, 1.807) is 12.1 Å². The van der Waals surface area contributed by atoms with Gasteiger partial charge in [-0.05, 0) is 23.8 Å². The molecule has 1 aromatic carbocycles. The Morgan fingerprint density at radius 1 is 1.17 bits per heavy atom. The first-order chi connectivity index (χ1) is 5.68. The van der Waals surface area contributed by atoms with E-state index in [0.717, 1.165) is 16.1 Å². The number of hydrogen-bond acceptors (Lipinski definition) is 0. The summed E-state index contributed by atoms with van der Waals surface area (Å²) in [5.74, 6) is 0. The highest BCUT2D eigenvalue weighted by molar-refractivity contribution is 9.10. The summed E-state index contributed by atoms with van der Waals surface area (Å²) in [6.45, 7) is 0. The Hall–Kier alpha value is -0.700. The number of alkyl halides is 2. The van der Waals surface area contributed by atoms with E-state index in [0.29, 0.717) is 0 Å². The normalized spacial score (nSPS) is 11.3. The minimum absolute atomic E-state index is 0.776. The van der Waals surface area contributed by atoms with Crippen molar-refractivity contribution >= 4 is 22.0 Å². The number of allylic oxidation sites excluding steroid dienone is 1. The van der Waals surface area contributed by atoms with Crippen molar-refractivity contribution in [2.75, 3.05) is 0 Å². The third-order valence-electron chi connectivity index (χ3n) is 1.30. The Labute approximate surface area is 78.0 Å². The summed E-state index contributed by atoms with van der Waals surface area (Å²) in [4.78, 5) is 0. The molecule has 0 N–H and O–H groups in total. The van der Waals surface area contributed by atoms with E-state index >= 15 is 0 Å². The second-order valence-corrected chi connectivity index (χ2v) is 3.16. The SMILES string of the molecule is FC(F)C=Cc1ccc(Br)cc1. The molecular formula is C9H7BrF2. The molecule has 64 valence electrons. The molecule has 0 aliphatic rings. The predicted molar refractivity (Wildman–Crippen MR) is 49.2 cm³/mol. The van der Waals surface area contributed by atoms with Crippen molar-refractivity contribution in [1.29, 1.82) is 0 Å². The van der Waals surface area contributed by atoms with Gasteiger partial charge in [0.25, 0.3) is 6.43 Å². The van der Waals surface area contributed by atoms with Gasteiger partial charge in [-0.3, -0.25) is 0 Å². The van der Waals surface area contributed by atoms with Crippen molar-refractivity contribution in [1.82, 2.24) is 0 Å². The molecule has 0 saturated heterocycles. The molecule has 0 amide bonds. The van der Waals surface area contributed by atoms with Gasteiger partial charge in [-0.2, -0.15) is 0 Å². The minimum Gasteiger partial charge on any atom is -0.206 e. The summed E-state index contributed by atoms with van der Waals surface area (Å²) in [5, 5.41) is 0. The van der Waals surface area contributed by atoms with Gasteiger partial charge in [0.2, 0.25) is 0 Å². The fourth-order valence-corrected chi connectivity index (χ4v) is 1.02. The van der Waals surface area contributed by atoms with E-state index in [1.165, 1.54) is 6.08 Å². The van der Waals surface area contributed by atoms with Crippen LogP contribution in [0.2, 0.25) is 0 Å². The van der Waals surface area contributed by atoms with E-state index in [1.807, 2.05) is 12.1 Å². The van der Waals surface area contributed by atoms with Gasteiger partial charge in [-0.25, -0.2) is 8.78 Å². The van der Waals surface area contributed by atoms with Crippen LogP contribution in [0.5, 0.6) is 0 Å². The molecular weight excluding hydrogens is 226 g/mol. The van der Waals surface area contributed by atoms with Crippen LogP contribution in [0.25, 0.3) is 6.08 Å². The van der Waals surface area contributed by atoms with Crippen LogP contribution < -0.4 is 0 Å². The molecule has 0 unspecified atom stereocenters. The van der Waals surface area contributed by atoms with Gasteiger partial charge < -0.3 is 0 Å². The van der Waals surface area contributed by atoms with Gasteiger partial charge in [0, 0.05) is 4.47 Å². The lowest BCUT2D eigenvalue weighted by Crippen LogP contribution is -1.79. The van der Waals surface area contributed by atoms with Crippen molar-refractivity contribution in [3.05, 3.63) is 40.4 Å². The van der Waals surface area contributed by atoms with E-state index in [2.05, 4.69) is 15.9 Å². The van der Waals surface area contributed by atoms with E-state index < -0.39 is 6.43 Å². The number of hydrogen-bond donors (Lipinski definition) is 0. The van der Waals surface area contributed by atoms with Gasteiger partial charge in [-0.15, -0.1) is 0 Å². The molecule has 0 heterocycles. The van der Waals surface area contributed by atoms with Crippen LogP contribution in [0, 0.1) is 0 Å². The first-order valence-corrected chi connectivity index (χ1v) is 4.20. The van der Waals surface area contributed by atoms with Gasteiger partial charge in [-0.1, -0.05) is 34.1 Å². The fourth-order valence-electron chi connectivity index (χ4n) is 0.758. The molecule has 0 fully saturated rings. The van der Waals surface area contributed by atoms with Crippen molar-refractivity contribution in [2.45, 2.75) is 6.43 Å². The molecule has 3 heteroatoms. The molecule has 0 nitrogen and oxygen atoms in total. The molecule has 0 radical (unpaired) electrons. The summed E-state index contributed by atoms with van der Waals surface area (Å²) in [6.07, 6.45) is -0.117. The zero-order valence-electron chi connectivity index (χ0n) is 6.18. The molecule has 0 aromatic heterocycles. The van der Waals surface area contributed by atoms with Crippen molar-refractivity contribution in [3.8, 4) is 0 Å². The molecule has 1 aromatic rings. The summed E-state index contributed by atoms with van der Waals surface area (Å²) in [7, 11) is 0. The van der Waals surface area contributed by atoms with Crippen molar-refractivity contribution in [2.24, 2.45) is 0 Å². The van der Waals surface area contributed by atoms with Crippen LogP contribution in [-0.2, 0) is 0 Å².